The largest absolute Gasteiger partial charge is 0.438 e. The Morgan fingerprint density at radius 3 is 3.00 bits per heavy atom. The number of H-pyrrole nitrogens is 1. The second-order valence-corrected chi connectivity index (χ2v) is 8.25. The number of pyridine rings is 1. The zero-order valence-corrected chi connectivity index (χ0v) is 18.0. The first-order valence-electron chi connectivity index (χ1n) is 10.5. The molecule has 1 aliphatic heterocycles. The van der Waals surface area contributed by atoms with Gasteiger partial charge in [-0.25, -0.2) is 18.9 Å². The summed E-state index contributed by atoms with van der Waals surface area (Å²) in [5.74, 6) is -0.305. The lowest BCUT2D eigenvalue weighted by atomic mass is 10.0. The highest BCUT2D eigenvalue weighted by atomic mass is 19.1. The fraction of sp³-hybridized carbons (Fsp3) is 0.217. The zero-order chi connectivity index (χ0) is 22.7. The molecule has 0 unspecified atom stereocenters. The summed E-state index contributed by atoms with van der Waals surface area (Å²) in [5.41, 5.74) is 4.60. The van der Waals surface area contributed by atoms with Gasteiger partial charge in [0.2, 0.25) is 5.89 Å². The number of imidazole rings is 1. The van der Waals surface area contributed by atoms with Crippen molar-refractivity contribution in [2.45, 2.75) is 12.5 Å². The monoisotopic (exact) mass is 445 g/mol. The summed E-state index contributed by atoms with van der Waals surface area (Å²) in [5, 5.41) is 4.39. The number of fused-ring (bicyclic) bond motifs is 3. The summed E-state index contributed by atoms with van der Waals surface area (Å²) in [7, 11) is 3.89. The molecule has 9 nitrogen and oxygen atoms in total. The van der Waals surface area contributed by atoms with Gasteiger partial charge in [0.1, 0.15) is 11.3 Å². The van der Waals surface area contributed by atoms with E-state index in [-0.39, 0.29) is 5.91 Å². The van der Waals surface area contributed by atoms with Gasteiger partial charge in [-0.15, -0.1) is 0 Å². The molecule has 33 heavy (non-hydrogen) atoms. The van der Waals surface area contributed by atoms with E-state index in [0.717, 1.165) is 11.4 Å². The second kappa shape index (κ2) is 7.16. The third-order valence-electron chi connectivity index (χ3n) is 6.03. The molecule has 1 aliphatic rings. The van der Waals surface area contributed by atoms with E-state index in [4.69, 9.17) is 4.42 Å². The van der Waals surface area contributed by atoms with E-state index >= 15 is 0 Å². The first-order chi connectivity index (χ1) is 16.0. The van der Waals surface area contributed by atoms with Crippen molar-refractivity contribution < 1.29 is 13.6 Å². The van der Waals surface area contributed by atoms with Crippen LogP contribution in [0.25, 0.3) is 16.6 Å². The number of nitrogens with one attached hydrogen (secondary N) is 1. The molecule has 0 saturated carbocycles. The summed E-state index contributed by atoms with van der Waals surface area (Å²) in [6.07, 6.45) is 5.68. The summed E-state index contributed by atoms with van der Waals surface area (Å²) in [4.78, 5) is 29.5. The highest BCUT2D eigenvalue weighted by Crippen LogP contribution is 2.36. The number of benzene rings is 1. The number of halogens is 1. The number of oxazole rings is 1. The average molecular weight is 445 g/mol. The van der Waals surface area contributed by atoms with Crippen molar-refractivity contribution in [2.75, 3.05) is 25.5 Å². The maximum Gasteiger partial charge on any atom is 0.258 e. The smallest absolute Gasteiger partial charge is 0.258 e. The first kappa shape index (κ1) is 19.5. The van der Waals surface area contributed by atoms with Gasteiger partial charge in [0.15, 0.2) is 11.6 Å². The molecule has 5 aromatic rings. The molecule has 1 aromatic carbocycles. The molecular weight excluding hydrogens is 425 g/mol. The molecule has 166 valence electrons. The Morgan fingerprint density at radius 2 is 2.15 bits per heavy atom. The molecule has 1 amide bonds. The highest BCUT2D eigenvalue weighted by molar-refractivity contribution is 6.01. The van der Waals surface area contributed by atoms with Gasteiger partial charge >= 0.3 is 0 Å². The Morgan fingerprint density at radius 1 is 1.27 bits per heavy atom. The summed E-state index contributed by atoms with van der Waals surface area (Å²) < 4.78 is 21.4. The van der Waals surface area contributed by atoms with Crippen LogP contribution in [0, 0.1) is 5.82 Å². The van der Waals surface area contributed by atoms with Crippen LogP contribution in [0.5, 0.6) is 0 Å². The molecule has 0 fully saturated rings. The number of aromatic amines is 1. The van der Waals surface area contributed by atoms with E-state index in [1.807, 2.05) is 37.3 Å². The average Bonchev–Trinajstić information content (AvgIpc) is 3.54. The van der Waals surface area contributed by atoms with Crippen molar-refractivity contribution in [1.82, 2.24) is 29.5 Å². The van der Waals surface area contributed by atoms with Crippen LogP contribution in [-0.4, -0.2) is 56.0 Å². The molecule has 1 N–H and O–H groups in total. The Bertz CT molecular complexity index is 1520. The molecule has 0 bridgehead atoms. The molecule has 6 rings (SSSR count). The Kier molecular flexibility index (Phi) is 4.22. The van der Waals surface area contributed by atoms with E-state index < -0.39 is 11.9 Å². The minimum atomic E-state index is -0.640. The second-order valence-electron chi connectivity index (χ2n) is 8.25. The number of nitrogens with zero attached hydrogens (tertiary/aromatic N) is 6. The quantitative estimate of drug-likeness (QED) is 0.458. The van der Waals surface area contributed by atoms with E-state index in [0.29, 0.717) is 46.7 Å². The number of hydrogen-bond acceptors (Lipinski definition) is 6. The van der Waals surface area contributed by atoms with Crippen molar-refractivity contribution in [3.05, 3.63) is 77.7 Å². The van der Waals surface area contributed by atoms with Gasteiger partial charge in [-0.3, -0.25) is 4.79 Å². The van der Waals surface area contributed by atoms with Crippen molar-refractivity contribution in [3.63, 3.8) is 0 Å². The molecule has 1 atom stereocenters. The first-order valence-corrected chi connectivity index (χ1v) is 10.5. The zero-order valence-electron chi connectivity index (χ0n) is 18.0. The molecule has 0 spiro atoms. The maximum absolute atomic E-state index is 13.8. The Hall–Kier alpha value is -4.21. The van der Waals surface area contributed by atoms with Crippen LogP contribution in [0.1, 0.15) is 33.7 Å². The third-order valence-corrected chi connectivity index (χ3v) is 6.03. The van der Waals surface area contributed by atoms with Crippen LogP contribution >= 0.6 is 0 Å². The summed E-state index contributed by atoms with van der Waals surface area (Å²) >= 11 is 0. The fourth-order valence-corrected chi connectivity index (χ4v) is 4.34. The van der Waals surface area contributed by atoms with Gasteiger partial charge < -0.3 is 19.2 Å². The lowest BCUT2D eigenvalue weighted by Crippen LogP contribution is -2.40. The fourth-order valence-electron chi connectivity index (χ4n) is 4.34. The predicted molar refractivity (Wildman–Crippen MR) is 119 cm³/mol. The van der Waals surface area contributed by atoms with Crippen LogP contribution in [0.4, 0.5) is 10.1 Å². The van der Waals surface area contributed by atoms with Crippen LogP contribution < -0.4 is 4.90 Å². The third kappa shape index (κ3) is 3.05. The van der Waals surface area contributed by atoms with Gasteiger partial charge in [-0.05, 0) is 24.3 Å². The van der Waals surface area contributed by atoms with E-state index in [1.165, 1.54) is 18.2 Å². The summed E-state index contributed by atoms with van der Waals surface area (Å²) in [6.45, 7) is 0.443. The number of anilines is 1. The van der Waals surface area contributed by atoms with Gasteiger partial charge in [0.25, 0.3) is 5.91 Å². The van der Waals surface area contributed by atoms with Crippen LogP contribution in [-0.2, 0) is 6.42 Å². The Balaban J connectivity index is 1.45. The van der Waals surface area contributed by atoms with Crippen LogP contribution in [0.3, 0.4) is 0 Å². The SMILES string of the molecule is CN(C)c1ccc2c(C(=O)N3CCc4[nH]cnc4[C@H]3c3nc4cc(F)ccc4o3)cnn2c1. The normalized spacial score (nSPS) is 15.8. The van der Waals surface area contributed by atoms with Gasteiger partial charge in [-0.2, -0.15) is 5.10 Å². The van der Waals surface area contributed by atoms with Gasteiger partial charge in [0, 0.05) is 38.8 Å². The van der Waals surface area contributed by atoms with E-state index in [1.54, 1.807) is 21.9 Å². The van der Waals surface area contributed by atoms with Gasteiger partial charge in [-0.1, -0.05) is 0 Å². The number of hydrogen-bond donors (Lipinski definition) is 1. The predicted octanol–water partition coefficient (Wildman–Crippen LogP) is 3.19. The molecule has 0 radical (unpaired) electrons. The molecule has 10 heteroatoms. The van der Waals surface area contributed by atoms with Gasteiger partial charge in [0.05, 0.1) is 41.2 Å². The minimum absolute atomic E-state index is 0.199. The molecular formula is C23H20FN7O2. The number of carbonyl (C=O) groups excluding carboxylic acids is 1. The standard InChI is InChI=1S/C23H20FN7O2/c1-29(2)14-4-5-18-15(10-27-31(18)11-14)23(32)30-8-7-16-20(26-12-25-16)21(30)22-28-17-9-13(24)3-6-19(17)33-22/h3-6,9-12,21H,7-8H2,1-2H3,(H,25,26)/t21-/m0/s1. The number of amides is 1. The van der Waals surface area contributed by atoms with Crippen LogP contribution in [0.15, 0.2) is 53.5 Å². The van der Waals surface area contributed by atoms with Crippen molar-refractivity contribution in [1.29, 1.82) is 0 Å². The molecule has 0 aliphatic carbocycles. The lowest BCUT2D eigenvalue weighted by molar-refractivity contribution is 0.0669. The van der Waals surface area contributed by atoms with E-state index in [9.17, 15) is 9.18 Å². The number of aromatic nitrogens is 5. The topological polar surface area (TPSA) is 95.6 Å². The number of rotatable bonds is 3. The van der Waals surface area contributed by atoms with Crippen molar-refractivity contribution >= 4 is 28.2 Å². The molecule has 5 heterocycles. The molecule has 4 aromatic heterocycles. The summed E-state index contributed by atoms with van der Waals surface area (Å²) in [6, 6.07) is 7.37. The highest BCUT2D eigenvalue weighted by Gasteiger charge is 2.38. The molecule has 0 saturated heterocycles. The lowest BCUT2D eigenvalue weighted by Gasteiger charge is -2.32. The Labute approximate surface area is 187 Å². The van der Waals surface area contributed by atoms with Crippen LogP contribution in [0.2, 0.25) is 0 Å². The maximum atomic E-state index is 13.8. The van der Waals surface area contributed by atoms with Crippen molar-refractivity contribution in [3.8, 4) is 0 Å². The minimum Gasteiger partial charge on any atom is -0.438 e. The van der Waals surface area contributed by atoms with E-state index in [2.05, 4.69) is 20.1 Å². The number of carbonyl (C=O) groups is 1. The van der Waals surface area contributed by atoms with Crippen molar-refractivity contribution in [2.24, 2.45) is 0 Å².